The normalized spacial score (nSPS) is 10.7. The number of benzene rings is 2. The van der Waals surface area contributed by atoms with Gasteiger partial charge in [-0.15, -0.1) is 0 Å². The minimum absolute atomic E-state index is 0.450. The number of aromatic nitrogens is 1. The molecule has 0 radical (unpaired) electrons. The molecule has 0 amide bonds. The molecule has 0 unspecified atom stereocenters. The van der Waals surface area contributed by atoms with Crippen LogP contribution in [0.2, 0.25) is 10.0 Å². The lowest BCUT2D eigenvalue weighted by atomic mass is 10.1. The van der Waals surface area contributed by atoms with Gasteiger partial charge in [-0.05, 0) is 42.5 Å². The van der Waals surface area contributed by atoms with Crippen LogP contribution in [-0.4, -0.2) is 4.98 Å². The van der Waals surface area contributed by atoms with Crippen LogP contribution >= 0.6 is 23.2 Å². The van der Waals surface area contributed by atoms with E-state index in [1.54, 1.807) is 36.5 Å². The summed E-state index contributed by atoms with van der Waals surface area (Å²) in [4.78, 5) is 4.26. The first-order valence-electron chi connectivity index (χ1n) is 5.91. The summed E-state index contributed by atoms with van der Waals surface area (Å²) in [6.07, 6.45) is 1.69. The highest BCUT2D eigenvalue weighted by Gasteiger charge is 2.09. The lowest BCUT2D eigenvalue weighted by molar-refractivity contribution is 0.488. The molecule has 3 nitrogen and oxygen atoms in total. The molecule has 5 heteroatoms. The zero-order valence-corrected chi connectivity index (χ0v) is 11.8. The topological polar surface area (TPSA) is 48.1 Å². The summed E-state index contributed by atoms with van der Waals surface area (Å²) >= 11 is 12.0. The number of nitrogens with zero attached hydrogens (tertiary/aromatic N) is 1. The molecule has 0 atom stereocenters. The Morgan fingerprint density at radius 3 is 2.60 bits per heavy atom. The van der Waals surface area contributed by atoms with Crippen molar-refractivity contribution in [2.75, 3.05) is 5.73 Å². The summed E-state index contributed by atoms with van der Waals surface area (Å²) in [6.45, 7) is 0. The Kier molecular flexibility index (Phi) is 3.38. The molecule has 0 fully saturated rings. The first kappa shape index (κ1) is 13.0. The number of nitrogen functional groups attached to an aromatic ring is 1. The third-order valence-corrected chi connectivity index (χ3v) is 3.41. The Bertz CT molecular complexity index is 790. The van der Waals surface area contributed by atoms with Gasteiger partial charge >= 0.3 is 0 Å². The number of rotatable bonds is 2. The van der Waals surface area contributed by atoms with Crippen molar-refractivity contribution in [3.8, 4) is 11.5 Å². The zero-order valence-electron chi connectivity index (χ0n) is 10.3. The number of nitrogens with two attached hydrogens (primary N) is 1. The standard InChI is InChI=1S/C15H10Cl2N2O/c16-9-3-5-14(11(17)8-9)20-13-6-4-12(18)15-10(13)2-1-7-19-15/h1-8H,18H2. The van der Waals surface area contributed by atoms with Crippen molar-refractivity contribution in [1.29, 1.82) is 0 Å². The Morgan fingerprint density at radius 1 is 1.00 bits per heavy atom. The van der Waals surface area contributed by atoms with E-state index in [-0.39, 0.29) is 0 Å². The van der Waals surface area contributed by atoms with Crippen molar-refractivity contribution in [2.45, 2.75) is 0 Å². The SMILES string of the molecule is Nc1ccc(Oc2ccc(Cl)cc2Cl)c2cccnc12. The molecular weight excluding hydrogens is 295 g/mol. The van der Waals surface area contributed by atoms with E-state index in [4.69, 9.17) is 33.7 Å². The molecule has 2 aromatic carbocycles. The quantitative estimate of drug-likeness (QED) is 0.684. The summed E-state index contributed by atoms with van der Waals surface area (Å²) in [7, 11) is 0. The fraction of sp³-hybridized carbons (Fsp3) is 0. The van der Waals surface area contributed by atoms with Crippen LogP contribution in [0, 0.1) is 0 Å². The van der Waals surface area contributed by atoms with Crippen LogP contribution < -0.4 is 10.5 Å². The molecule has 0 saturated heterocycles. The van der Waals surface area contributed by atoms with Gasteiger partial charge in [-0.1, -0.05) is 23.2 Å². The van der Waals surface area contributed by atoms with Crippen LogP contribution in [0.5, 0.6) is 11.5 Å². The van der Waals surface area contributed by atoms with Gasteiger partial charge in [0.05, 0.1) is 16.2 Å². The monoisotopic (exact) mass is 304 g/mol. The Labute approximate surface area is 125 Å². The number of anilines is 1. The van der Waals surface area contributed by atoms with Gasteiger partial charge in [-0.2, -0.15) is 0 Å². The highest BCUT2D eigenvalue weighted by atomic mass is 35.5. The van der Waals surface area contributed by atoms with Crippen molar-refractivity contribution in [3.63, 3.8) is 0 Å². The van der Waals surface area contributed by atoms with Crippen molar-refractivity contribution >= 4 is 39.8 Å². The smallest absolute Gasteiger partial charge is 0.146 e. The number of ether oxygens (including phenoxy) is 1. The second-order valence-electron chi connectivity index (χ2n) is 4.23. The number of pyridine rings is 1. The first-order chi connectivity index (χ1) is 9.65. The predicted molar refractivity (Wildman–Crippen MR) is 82.7 cm³/mol. The average molecular weight is 305 g/mol. The van der Waals surface area contributed by atoms with Crippen LogP contribution in [0.3, 0.4) is 0 Å². The van der Waals surface area contributed by atoms with Crippen molar-refractivity contribution in [2.24, 2.45) is 0 Å². The van der Waals surface area contributed by atoms with Crippen molar-refractivity contribution in [1.82, 2.24) is 4.98 Å². The van der Waals surface area contributed by atoms with Gasteiger partial charge < -0.3 is 10.5 Å². The van der Waals surface area contributed by atoms with Gasteiger partial charge in [-0.3, -0.25) is 4.98 Å². The highest BCUT2D eigenvalue weighted by Crippen LogP contribution is 2.35. The number of hydrogen-bond acceptors (Lipinski definition) is 3. The van der Waals surface area contributed by atoms with E-state index in [0.29, 0.717) is 32.7 Å². The van der Waals surface area contributed by atoms with Crippen LogP contribution in [0.25, 0.3) is 10.9 Å². The molecule has 1 heterocycles. The lowest BCUT2D eigenvalue weighted by Crippen LogP contribution is -1.92. The maximum Gasteiger partial charge on any atom is 0.146 e. The van der Waals surface area contributed by atoms with E-state index in [1.807, 2.05) is 12.1 Å². The second kappa shape index (κ2) is 5.19. The molecule has 20 heavy (non-hydrogen) atoms. The summed E-state index contributed by atoms with van der Waals surface area (Å²) in [5.41, 5.74) is 7.22. The molecule has 100 valence electrons. The third-order valence-electron chi connectivity index (χ3n) is 2.87. The van der Waals surface area contributed by atoms with Crippen LogP contribution in [0.4, 0.5) is 5.69 Å². The summed E-state index contributed by atoms with van der Waals surface area (Å²) in [6, 6.07) is 12.4. The molecule has 0 saturated carbocycles. The molecule has 0 aliphatic heterocycles. The van der Waals surface area contributed by atoms with E-state index in [1.165, 1.54) is 0 Å². The Hall–Kier alpha value is -1.97. The van der Waals surface area contributed by atoms with Crippen LogP contribution in [-0.2, 0) is 0 Å². The molecule has 0 aliphatic rings. The predicted octanol–water partition coefficient (Wildman–Crippen LogP) is 4.92. The minimum Gasteiger partial charge on any atom is -0.455 e. The Morgan fingerprint density at radius 2 is 1.80 bits per heavy atom. The van der Waals surface area contributed by atoms with E-state index in [9.17, 15) is 0 Å². The zero-order chi connectivity index (χ0) is 14.1. The second-order valence-corrected chi connectivity index (χ2v) is 5.07. The van der Waals surface area contributed by atoms with Gasteiger partial charge in [0, 0.05) is 16.6 Å². The van der Waals surface area contributed by atoms with Crippen LogP contribution in [0.1, 0.15) is 0 Å². The maximum absolute atomic E-state index is 6.11. The molecule has 0 aliphatic carbocycles. The molecule has 3 aromatic rings. The van der Waals surface area contributed by atoms with Gasteiger partial charge in [0.25, 0.3) is 0 Å². The molecule has 2 N–H and O–H groups in total. The molecule has 3 rings (SSSR count). The lowest BCUT2D eigenvalue weighted by Gasteiger charge is -2.11. The molecule has 1 aromatic heterocycles. The van der Waals surface area contributed by atoms with E-state index in [2.05, 4.69) is 4.98 Å². The highest BCUT2D eigenvalue weighted by molar-refractivity contribution is 6.35. The van der Waals surface area contributed by atoms with E-state index in [0.717, 1.165) is 5.39 Å². The van der Waals surface area contributed by atoms with E-state index >= 15 is 0 Å². The average Bonchev–Trinajstić information content (AvgIpc) is 2.45. The number of hydrogen-bond donors (Lipinski definition) is 1. The summed E-state index contributed by atoms with van der Waals surface area (Å²) in [5, 5.41) is 1.84. The third kappa shape index (κ3) is 2.38. The molecule has 0 bridgehead atoms. The fourth-order valence-electron chi connectivity index (χ4n) is 1.93. The largest absolute Gasteiger partial charge is 0.455 e. The summed E-state index contributed by atoms with van der Waals surface area (Å²) < 4.78 is 5.85. The number of halogens is 2. The summed E-state index contributed by atoms with van der Waals surface area (Å²) in [5.74, 6) is 1.18. The maximum atomic E-state index is 6.11. The first-order valence-corrected chi connectivity index (χ1v) is 6.67. The number of fused-ring (bicyclic) bond motifs is 1. The van der Waals surface area contributed by atoms with Gasteiger partial charge in [0.2, 0.25) is 0 Å². The van der Waals surface area contributed by atoms with Crippen molar-refractivity contribution < 1.29 is 4.74 Å². The fourth-order valence-corrected chi connectivity index (χ4v) is 2.38. The minimum atomic E-state index is 0.450. The molecule has 0 spiro atoms. The van der Waals surface area contributed by atoms with Gasteiger partial charge in [0.1, 0.15) is 11.5 Å². The van der Waals surface area contributed by atoms with Crippen LogP contribution in [0.15, 0.2) is 48.7 Å². The molecular formula is C15H10Cl2N2O. The van der Waals surface area contributed by atoms with Gasteiger partial charge in [0.15, 0.2) is 0 Å². The van der Waals surface area contributed by atoms with Crippen molar-refractivity contribution in [3.05, 3.63) is 58.7 Å². The van der Waals surface area contributed by atoms with E-state index < -0.39 is 0 Å². The Balaban J connectivity index is 2.09. The van der Waals surface area contributed by atoms with Gasteiger partial charge in [-0.25, -0.2) is 0 Å².